The first kappa shape index (κ1) is 11.0. The van der Waals surface area contributed by atoms with E-state index in [1.165, 1.54) is 0 Å². The van der Waals surface area contributed by atoms with Crippen molar-refractivity contribution in [1.29, 1.82) is 0 Å². The number of thiazole rings is 2. The Kier molecular flexibility index (Phi) is 3.00. The first-order valence-corrected chi connectivity index (χ1v) is 7.36. The Labute approximate surface area is 114 Å². The maximum atomic E-state index is 4.61. The number of hydrogen-bond donors (Lipinski definition) is 0. The van der Waals surface area contributed by atoms with Gasteiger partial charge in [-0.2, -0.15) is 0 Å². The minimum Gasteiger partial charge on any atom is -0.243 e. The van der Waals surface area contributed by atoms with Gasteiger partial charge in [-0.3, -0.25) is 0 Å². The van der Waals surface area contributed by atoms with Crippen molar-refractivity contribution in [3.05, 3.63) is 39.8 Å². The van der Waals surface area contributed by atoms with Crippen molar-refractivity contribution in [1.82, 2.24) is 15.0 Å². The van der Waals surface area contributed by atoms with Gasteiger partial charge < -0.3 is 0 Å². The van der Waals surface area contributed by atoms with E-state index >= 15 is 0 Å². The molecule has 0 amide bonds. The van der Waals surface area contributed by atoms with E-state index in [2.05, 4.69) is 30.9 Å². The molecule has 0 fully saturated rings. The van der Waals surface area contributed by atoms with E-state index in [0.29, 0.717) is 0 Å². The van der Waals surface area contributed by atoms with Crippen LogP contribution >= 0.6 is 38.6 Å². The Morgan fingerprint density at radius 1 is 0.941 bits per heavy atom. The second kappa shape index (κ2) is 4.64. The van der Waals surface area contributed by atoms with E-state index in [-0.39, 0.29) is 0 Å². The summed E-state index contributed by atoms with van der Waals surface area (Å²) in [5.74, 6) is 0. The molecule has 0 saturated heterocycles. The average Bonchev–Trinajstić information content (AvgIpc) is 3.03. The third-order valence-electron chi connectivity index (χ3n) is 2.13. The molecule has 3 rings (SSSR count). The van der Waals surface area contributed by atoms with Gasteiger partial charge >= 0.3 is 0 Å². The normalized spacial score (nSPS) is 10.6. The minimum atomic E-state index is 0.868. The van der Waals surface area contributed by atoms with Crippen LogP contribution in [0, 0.1) is 0 Å². The lowest BCUT2D eigenvalue weighted by molar-refractivity contribution is 1.26. The third kappa shape index (κ3) is 2.15. The maximum Gasteiger partial charge on any atom is 0.142 e. The molecule has 0 N–H and O–H groups in total. The Morgan fingerprint density at radius 3 is 2.29 bits per heavy atom. The van der Waals surface area contributed by atoms with Gasteiger partial charge in [0, 0.05) is 27.6 Å². The zero-order chi connectivity index (χ0) is 11.7. The van der Waals surface area contributed by atoms with Crippen LogP contribution in [-0.4, -0.2) is 15.0 Å². The largest absolute Gasteiger partial charge is 0.243 e. The zero-order valence-corrected chi connectivity index (χ0v) is 11.7. The van der Waals surface area contributed by atoms with Gasteiger partial charge in [0.2, 0.25) is 0 Å². The summed E-state index contributed by atoms with van der Waals surface area (Å²) in [5, 5.41) is 5.73. The Bertz CT molecular complexity index is 620. The molecule has 0 unspecified atom stereocenters. The molecule has 0 radical (unpaired) electrons. The van der Waals surface area contributed by atoms with Crippen LogP contribution in [0.25, 0.3) is 21.4 Å². The van der Waals surface area contributed by atoms with Gasteiger partial charge in [0.1, 0.15) is 15.7 Å². The molecule has 3 aromatic heterocycles. The molecule has 6 heteroatoms. The van der Waals surface area contributed by atoms with Crippen LogP contribution in [0.5, 0.6) is 0 Å². The fourth-order valence-electron chi connectivity index (χ4n) is 1.40. The predicted molar refractivity (Wildman–Crippen MR) is 74.2 cm³/mol. The minimum absolute atomic E-state index is 0.868. The molecule has 3 aromatic rings. The highest BCUT2D eigenvalue weighted by atomic mass is 79.9. The molecule has 17 heavy (non-hydrogen) atoms. The summed E-state index contributed by atoms with van der Waals surface area (Å²) in [4.78, 5) is 13.1. The number of pyridine rings is 1. The molecule has 0 aliphatic heterocycles. The molecule has 3 heterocycles. The molecular formula is C11H6BrN3S2. The summed E-state index contributed by atoms with van der Waals surface area (Å²) < 4.78 is 0.952. The highest BCUT2D eigenvalue weighted by Gasteiger charge is 2.10. The lowest BCUT2D eigenvalue weighted by Gasteiger charge is -2.02. The van der Waals surface area contributed by atoms with Crippen LogP contribution < -0.4 is 0 Å². The van der Waals surface area contributed by atoms with Gasteiger partial charge in [0.05, 0.1) is 5.69 Å². The molecule has 0 aromatic carbocycles. The van der Waals surface area contributed by atoms with E-state index in [4.69, 9.17) is 0 Å². The highest BCUT2D eigenvalue weighted by molar-refractivity contribution is 9.10. The van der Waals surface area contributed by atoms with E-state index in [9.17, 15) is 0 Å². The van der Waals surface area contributed by atoms with Gasteiger partial charge in [-0.1, -0.05) is 0 Å². The summed E-state index contributed by atoms with van der Waals surface area (Å²) in [7, 11) is 0. The fraction of sp³-hybridized carbons (Fsp3) is 0. The molecule has 0 saturated carbocycles. The van der Waals surface area contributed by atoms with Crippen molar-refractivity contribution in [3.8, 4) is 21.4 Å². The Hall–Kier alpha value is -1.11. The Morgan fingerprint density at radius 2 is 1.65 bits per heavy atom. The summed E-state index contributed by atoms with van der Waals surface area (Å²) in [5.41, 5.74) is 1.75. The number of hydrogen-bond acceptors (Lipinski definition) is 5. The van der Waals surface area contributed by atoms with Crippen molar-refractivity contribution >= 4 is 38.6 Å². The first-order chi connectivity index (χ1) is 8.34. The molecule has 0 aliphatic rings. The van der Waals surface area contributed by atoms with Crippen LogP contribution in [0.1, 0.15) is 0 Å². The number of halogens is 1. The molecule has 0 aliphatic carbocycles. The number of rotatable bonds is 2. The summed E-state index contributed by atoms with van der Waals surface area (Å²) in [6.07, 6.45) is 3.57. The van der Waals surface area contributed by atoms with Crippen LogP contribution in [0.3, 0.4) is 0 Å². The summed E-state index contributed by atoms with van der Waals surface area (Å²) in [6, 6.07) is 3.94. The van der Waals surface area contributed by atoms with Crippen LogP contribution in [0.4, 0.5) is 0 Å². The van der Waals surface area contributed by atoms with Gasteiger partial charge in [-0.15, -0.1) is 22.7 Å². The average molecular weight is 324 g/mol. The molecular weight excluding hydrogens is 318 g/mol. The SMILES string of the molecule is Brc1ccc(-c2nccs2)nc1-c1nccs1. The highest BCUT2D eigenvalue weighted by Crippen LogP contribution is 2.31. The van der Waals surface area contributed by atoms with Gasteiger partial charge in [-0.05, 0) is 28.1 Å². The third-order valence-corrected chi connectivity index (χ3v) is 4.35. The van der Waals surface area contributed by atoms with Crippen molar-refractivity contribution in [2.45, 2.75) is 0 Å². The number of nitrogens with zero attached hydrogens (tertiary/aromatic N) is 3. The molecule has 0 spiro atoms. The van der Waals surface area contributed by atoms with E-state index in [0.717, 1.165) is 25.9 Å². The van der Waals surface area contributed by atoms with E-state index in [1.807, 2.05) is 22.9 Å². The zero-order valence-electron chi connectivity index (χ0n) is 8.50. The van der Waals surface area contributed by atoms with Crippen molar-refractivity contribution in [3.63, 3.8) is 0 Å². The lowest BCUT2D eigenvalue weighted by atomic mass is 10.3. The summed E-state index contributed by atoms with van der Waals surface area (Å²) in [6.45, 7) is 0. The number of aromatic nitrogens is 3. The monoisotopic (exact) mass is 323 g/mol. The molecule has 84 valence electrons. The predicted octanol–water partition coefficient (Wildman–Crippen LogP) is 4.09. The maximum absolute atomic E-state index is 4.61. The smallest absolute Gasteiger partial charge is 0.142 e. The molecule has 3 nitrogen and oxygen atoms in total. The van der Waals surface area contributed by atoms with Crippen molar-refractivity contribution in [2.75, 3.05) is 0 Å². The first-order valence-electron chi connectivity index (χ1n) is 4.81. The quantitative estimate of drug-likeness (QED) is 0.713. The lowest BCUT2D eigenvalue weighted by Crippen LogP contribution is -1.88. The van der Waals surface area contributed by atoms with Crippen LogP contribution in [0.15, 0.2) is 39.8 Å². The molecule has 0 bridgehead atoms. The topological polar surface area (TPSA) is 38.7 Å². The van der Waals surface area contributed by atoms with E-state index < -0.39 is 0 Å². The van der Waals surface area contributed by atoms with Crippen molar-refractivity contribution < 1.29 is 0 Å². The second-order valence-electron chi connectivity index (χ2n) is 3.20. The van der Waals surface area contributed by atoms with Gasteiger partial charge in [0.15, 0.2) is 0 Å². The van der Waals surface area contributed by atoms with Crippen molar-refractivity contribution in [2.24, 2.45) is 0 Å². The van der Waals surface area contributed by atoms with Gasteiger partial charge in [-0.25, -0.2) is 15.0 Å². The van der Waals surface area contributed by atoms with Gasteiger partial charge in [0.25, 0.3) is 0 Å². The second-order valence-corrected chi connectivity index (χ2v) is 5.84. The van der Waals surface area contributed by atoms with E-state index in [1.54, 1.807) is 35.1 Å². The Balaban J connectivity index is 2.13. The van der Waals surface area contributed by atoms with Crippen LogP contribution in [-0.2, 0) is 0 Å². The van der Waals surface area contributed by atoms with Crippen LogP contribution in [0.2, 0.25) is 0 Å². The molecule has 0 atom stereocenters. The summed E-state index contributed by atoms with van der Waals surface area (Å²) >= 11 is 6.66. The standard InChI is InChI=1S/C11H6BrN3S2/c12-7-1-2-8(10-13-3-5-16-10)15-9(7)11-14-4-6-17-11/h1-6H. The fourth-order valence-corrected chi connectivity index (χ4v) is 3.19.